The summed E-state index contributed by atoms with van der Waals surface area (Å²) in [5.41, 5.74) is 7.42. The van der Waals surface area contributed by atoms with Crippen molar-refractivity contribution in [1.82, 2.24) is 0 Å². The van der Waals surface area contributed by atoms with Crippen LogP contribution in [0.25, 0.3) is 0 Å². The van der Waals surface area contributed by atoms with Crippen LogP contribution in [0.4, 0.5) is 0 Å². The molecule has 0 fully saturated rings. The van der Waals surface area contributed by atoms with Gasteiger partial charge in [0.1, 0.15) is 50.9 Å². The van der Waals surface area contributed by atoms with Crippen LogP contribution in [-0.2, 0) is 39.4 Å². The van der Waals surface area contributed by atoms with Gasteiger partial charge in [-0.25, -0.2) is 0 Å². The number of fused-ring (bicyclic) bond motifs is 6. The van der Waals surface area contributed by atoms with E-state index in [1.807, 2.05) is 12.1 Å². The van der Waals surface area contributed by atoms with Gasteiger partial charge in [-0.15, -0.1) is 0 Å². The maximum Gasteiger partial charge on any atom is 0.128 e. The number of benzene rings is 4. The lowest BCUT2D eigenvalue weighted by molar-refractivity contribution is -0.687. The van der Waals surface area contributed by atoms with Crippen molar-refractivity contribution in [3.63, 3.8) is 0 Å². The second kappa shape index (κ2) is 11.0. The monoisotopic (exact) mass is 452 g/mol. The molecule has 0 saturated heterocycles. The largest absolute Gasteiger partial charge is 0.488 e. The van der Waals surface area contributed by atoms with Crippen LogP contribution in [0, 0.1) is 0 Å². The highest BCUT2D eigenvalue weighted by Crippen LogP contribution is 2.21. The van der Waals surface area contributed by atoms with Crippen molar-refractivity contribution in [2.24, 2.45) is 0 Å². The summed E-state index contributed by atoms with van der Waals surface area (Å²) in [4.78, 5) is 0. The number of hydrogen-bond acceptors (Lipinski definition) is 2. The molecular weight excluding hydrogens is 420 g/mol. The molecule has 5 rings (SSSR count). The molecule has 0 spiro atoms. The van der Waals surface area contributed by atoms with Gasteiger partial charge in [0.15, 0.2) is 0 Å². The Bertz CT molecular complexity index is 1150. The van der Waals surface area contributed by atoms with Crippen molar-refractivity contribution in [3.05, 3.63) is 130 Å². The summed E-state index contributed by atoms with van der Waals surface area (Å²) in [6.07, 6.45) is 0. The van der Waals surface area contributed by atoms with Crippen LogP contribution in [0.3, 0.4) is 0 Å². The van der Waals surface area contributed by atoms with E-state index in [9.17, 15) is 0 Å². The first-order valence-electron chi connectivity index (χ1n) is 12.0. The number of nitrogens with two attached hydrogens (primary N) is 2. The fourth-order valence-electron chi connectivity index (χ4n) is 4.43. The first-order valence-corrected chi connectivity index (χ1v) is 12.0. The van der Waals surface area contributed by atoms with Gasteiger partial charge in [-0.1, -0.05) is 60.7 Å². The van der Waals surface area contributed by atoms with Gasteiger partial charge in [0.25, 0.3) is 0 Å². The lowest BCUT2D eigenvalue weighted by atomic mass is 10.1. The van der Waals surface area contributed by atoms with Gasteiger partial charge in [-0.05, 0) is 47.5 Å². The number of para-hydroxylation sites is 2. The van der Waals surface area contributed by atoms with E-state index in [1.165, 1.54) is 22.3 Å². The normalized spacial score (nSPS) is 14.6. The maximum atomic E-state index is 6.24. The minimum absolute atomic E-state index is 0.540. The molecule has 4 bridgehead atoms. The van der Waals surface area contributed by atoms with E-state index >= 15 is 0 Å². The Morgan fingerprint density at radius 3 is 1.41 bits per heavy atom. The highest BCUT2D eigenvalue weighted by molar-refractivity contribution is 5.34. The molecule has 4 nitrogen and oxygen atoms in total. The third-order valence-electron chi connectivity index (χ3n) is 6.21. The van der Waals surface area contributed by atoms with Crippen molar-refractivity contribution in [1.29, 1.82) is 0 Å². The van der Waals surface area contributed by atoms with Crippen LogP contribution >= 0.6 is 0 Å². The molecule has 4 aromatic carbocycles. The molecule has 34 heavy (non-hydrogen) atoms. The number of rotatable bonds is 0. The minimum atomic E-state index is 0.540. The van der Waals surface area contributed by atoms with E-state index in [0.717, 1.165) is 48.8 Å². The standard InChI is InChI=1S/C30H30N2O2/c1-3-13-29-27(11-1)19-31-17-23-7-5-8-24(15-23)18-32-20-28-12-2-4-14-30(28)34-22-26-10-6-9-25(16-26)21-33-29/h1-16,31-32H,17-22H2/p+2. The van der Waals surface area contributed by atoms with Crippen LogP contribution in [-0.4, -0.2) is 0 Å². The summed E-state index contributed by atoms with van der Waals surface area (Å²) < 4.78 is 12.5. The summed E-state index contributed by atoms with van der Waals surface area (Å²) in [5.74, 6) is 1.90. The lowest BCUT2D eigenvalue weighted by Crippen LogP contribution is -2.81. The second-order valence-corrected chi connectivity index (χ2v) is 8.83. The molecule has 0 aliphatic carbocycles. The Labute approximate surface area is 201 Å². The van der Waals surface area contributed by atoms with E-state index in [4.69, 9.17) is 9.47 Å². The summed E-state index contributed by atoms with van der Waals surface area (Å²) in [5, 5.41) is 4.69. The van der Waals surface area contributed by atoms with E-state index in [-0.39, 0.29) is 0 Å². The minimum Gasteiger partial charge on any atom is -0.488 e. The van der Waals surface area contributed by atoms with Crippen LogP contribution in [0.15, 0.2) is 97.1 Å². The number of ether oxygens (including phenoxy) is 2. The molecule has 4 aromatic rings. The van der Waals surface area contributed by atoms with Crippen molar-refractivity contribution >= 4 is 0 Å². The van der Waals surface area contributed by atoms with Crippen molar-refractivity contribution < 1.29 is 20.1 Å². The Morgan fingerprint density at radius 1 is 0.441 bits per heavy atom. The third kappa shape index (κ3) is 5.84. The zero-order valence-corrected chi connectivity index (χ0v) is 19.5. The van der Waals surface area contributed by atoms with Crippen molar-refractivity contribution in [2.45, 2.75) is 39.4 Å². The molecule has 0 unspecified atom stereocenters. The first kappa shape index (κ1) is 22.2. The Morgan fingerprint density at radius 2 is 0.882 bits per heavy atom. The lowest BCUT2D eigenvalue weighted by Gasteiger charge is -2.14. The van der Waals surface area contributed by atoms with Crippen LogP contribution in [0.2, 0.25) is 0 Å². The van der Waals surface area contributed by atoms with Gasteiger partial charge in [0.05, 0.1) is 0 Å². The fourth-order valence-corrected chi connectivity index (χ4v) is 4.43. The highest BCUT2D eigenvalue weighted by atomic mass is 16.5. The summed E-state index contributed by atoms with van der Waals surface area (Å²) in [6.45, 7) is 4.74. The molecule has 172 valence electrons. The molecule has 4 heteroatoms. The molecule has 0 radical (unpaired) electrons. The smallest absolute Gasteiger partial charge is 0.128 e. The van der Waals surface area contributed by atoms with Gasteiger partial charge >= 0.3 is 0 Å². The van der Waals surface area contributed by atoms with E-state index in [0.29, 0.717) is 13.2 Å². The molecule has 0 amide bonds. The number of quaternary nitrogens is 2. The van der Waals surface area contributed by atoms with Gasteiger partial charge in [0.2, 0.25) is 0 Å². The Kier molecular flexibility index (Phi) is 7.19. The molecule has 0 atom stereocenters. The number of hydrogen-bond donors (Lipinski definition) is 2. The van der Waals surface area contributed by atoms with Gasteiger partial charge < -0.3 is 20.1 Å². The summed E-state index contributed by atoms with van der Waals surface area (Å²) >= 11 is 0. The molecule has 0 saturated carbocycles. The summed E-state index contributed by atoms with van der Waals surface area (Å²) in [6, 6.07) is 34.1. The summed E-state index contributed by atoms with van der Waals surface area (Å²) in [7, 11) is 0. The average molecular weight is 453 g/mol. The maximum absolute atomic E-state index is 6.24. The SMILES string of the molecule is c1cc2cc(c1)C[NH2+]Cc1ccccc1OCc1cccc(c1)COc1ccccc1C[NH2+]C2. The first-order chi connectivity index (χ1) is 16.8. The van der Waals surface area contributed by atoms with Gasteiger partial charge in [0, 0.05) is 22.3 Å². The van der Waals surface area contributed by atoms with E-state index < -0.39 is 0 Å². The molecule has 1 heterocycles. The van der Waals surface area contributed by atoms with Crippen LogP contribution in [0.1, 0.15) is 33.4 Å². The van der Waals surface area contributed by atoms with Crippen molar-refractivity contribution in [3.8, 4) is 11.5 Å². The predicted molar refractivity (Wildman–Crippen MR) is 133 cm³/mol. The second-order valence-electron chi connectivity index (χ2n) is 8.83. The van der Waals surface area contributed by atoms with E-state index in [1.54, 1.807) is 0 Å². The molecule has 4 N–H and O–H groups in total. The third-order valence-corrected chi connectivity index (χ3v) is 6.21. The molecule has 0 aromatic heterocycles. The van der Waals surface area contributed by atoms with Gasteiger partial charge in [-0.2, -0.15) is 0 Å². The molecular formula is C30H32N2O2+2. The highest BCUT2D eigenvalue weighted by Gasteiger charge is 2.09. The Hall–Kier alpha value is -3.60. The predicted octanol–water partition coefficient (Wildman–Crippen LogP) is 3.69. The topological polar surface area (TPSA) is 51.7 Å². The quantitative estimate of drug-likeness (QED) is 0.428. The van der Waals surface area contributed by atoms with Gasteiger partial charge in [-0.3, -0.25) is 0 Å². The zero-order valence-electron chi connectivity index (χ0n) is 19.5. The molecule has 1 aliphatic heterocycles. The zero-order chi connectivity index (χ0) is 23.0. The van der Waals surface area contributed by atoms with Crippen LogP contribution in [0.5, 0.6) is 11.5 Å². The molecule has 1 aliphatic rings. The fraction of sp³-hybridized carbons (Fsp3) is 0.200. The average Bonchev–Trinajstić information content (AvgIpc) is 2.88. The Balaban J connectivity index is 1.40. The van der Waals surface area contributed by atoms with Crippen LogP contribution < -0.4 is 20.1 Å². The van der Waals surface area contributed by atoms with Crippen molar-refractivity contribution in [2.75, 3.05) is 0 Å². The van der Waals surface area contributed by atoms with E-state index in [2.05, 4.69) is 95.6 Å².